The molecule has 2 aromatic carbocycles. The lowest BCUT2D eigenvalue weighted by molar-refractivity contribution is -0.121. The molecule has 0 aliphatic heterocycles. The van der Waals surface area contributed by atoms with Gasteiger partial charge >= 0.3 is 0 Å². The molecular weight excluding hydrogens is 282 g/mol. The molecule has 1 aliphatic rings. The molecule has 0 heterocycles. The minimum absolute atomic E-state index is 0.149. The van der Waals surface area contributed by atoms with Gasteiger partial charge in [-0.25, -0.2) is 0 Å². The Bertz CT molecular complexity index is 699. The van der Waals surface area contributed by atoms with Crippen molar-refractivity contribution < 1.29 is 4.79 Å². The van der Waals surface area contributed by atoms with Crippen LogP contribution in [0.2, 0.25) is 0 Å². The van der Waals surface area contributed by atoms with Crippen LogP contribution in [0.3, 0.4) is 0 Å². The Kier molecular flexibility index (Phi) is 4.43. The minimum Gasteiger partial charge on any atom is -0.353 e. The van der Waals surface area contributed by atoms with Gasteiger partial charge in [-0.05, 0) is 46.9 Å². The second kappa shape index (κ2) is 6.35. The van der Waals surface area contributed by atoms with E-state index in [1.165, 1.54) is 17.2 Å². The molecule has 2 atom stereocenters. The van der Waals surface area contributed by atoms with Gasteiger partial charge in [-0.15, -0.1) is 0 Å². The molecule has 0 saturated heterocycles. The second-order valence-electron chi connectivity index (χ2n) is 7.99. The molecule has 2 heteroatoms. The first-order valence-electron chi connectivity index (χ1n) is 8.69. The molecule has 23 heavy (non-hydrogen) atoms. The third-order valence-electron chi connectivity index (χ3n) is 4.98. The number of carbonyl (C=O) groups excluding carboxylic acids is 1. The molecule has 2 nitrogen and oxygen atoms in total. The maximum absolute atomic E-state index is 12.5. The van der Waals surface area contributed by atoms with Crippen LogP contribution < -0.4 is 5.32 Å². The molecule has 1 N–H and O–H groups in total. The largest absolute Gasteiger partial charge is 0.353 e. The van der Waals surface area contributed by atoms with Crippen LogP contribution in [-0.2, 0) is 11.2 Å². The van der Waals surface area contributed by atoms with E-state index in [9.17, 15) is 4.79 Å². The number of fused-ring (bicyclic) bond motifs is 1. The fourth-order valence-corrected chi connectivity index (χ4v) is 4.35. The van der Waals surface area contributed by atoms with Crippen molar-refractivity contribution >= 4 is 16.7 Å². The SMILES string of the molecule is CC1CC(NC(=O)Cc2cccc3ccccc23)CC(C)(C)C1. The highest BCUT2D eigenvalue weighted by Gasteiger charge is 2.32. The van der Waals surface area contributed by atoms with Crippen molar-refractivity contribution in [2.75, 3.05) is 0 Å². The van der Waals surface area contributed by atoms with E-state index in [0.717, 1.165) is 18.4 Å². The third-order valence-corrected chi connectivity index (χ3v) is 4.98. The monoisotopic (exact) mass is 309 g/mol. The lowest BCUT2D eigenvalue weighted by atomic mass is 9.70. The zero-order valence-corrected chi connectivity index (χ0v) is 14.4. The van der Waals surface area contributed by atoms with Crippen molar-refractivity contribution in [3.05, 3.63) is 48.0 Å². The lowest BCUT2D eigenvalue weighted by Crippen LogP contribution is -2.43. The summed E-state index contributed by atoms with van der Waals surface area (Å²) in [5.74, 6) is 0.831. The molecule has 1 aliphatic carbocycles. The second-order valence-corrected chi connectivity index (χ2v) is 7.99. The van der Waals surface area contributed by atoms with Gasteiger partial charge in [-0.2, -0.15) is 0 Å². The molecule has 1 saturated carbocycles. The van der Waals surface area contributed by atoms with Crippen molar-refractivity contribution in [1.82, 2.24) is 5.32 Å². The van der Waals surface area contributed by atoms with Gasteiger partial charge in [-0.1, -0.05) is 63.2 Å². The molecule has 2 unspecified atom stereocenters. The zero-order valence-electron chi connectivity index (χ0n) is 14.4. The van der Waals surface area contributed by atoms with Crippen molar-refractivity contribution in [3.63, 3.8) is 0 Å². The minimum atomic E-state index is 0.149. The van der Waals surface area contributed by atoms with Gasteiger partial charge in [-0.3, -0.25) is 4.79 Å². The Morgan fingerprint density at radius 3 is 2.65 bits per heavy atom. The highest BCUT2D eigenvalue weighted by molar-refractivity contribution is 5.90. The number of hydrogen-bond acceptors (Lipinski definition) is 1. The first kappa shape index (κ1) is 16.0. The van der Waals surface area contributed by atoms with Crippen molar-refractivity contribution in [2.24, 2.45) is 11.3 Å². The summed E-state index contributed by atoms with van der Waals surface area (Å²) in [7, 11) is 0. The molecule has 1 fully saturated rings. The van der Waals surface area contributed by atoms with Crippen LogP contribution in [0, 0.1) is 11.3 Å². The van der Waals surface area contributed by atoms with Crippen LogP contribution >= 0.6 is 0 Å². The summed E-state index contributed by atoms with van der Waals surface area (Å²) in [5.41, 5.74) is 1.44. The molecule has 3 rings (SSSR count). The summed E-state index contributed by atoms with van der Waals surface area (Å²) >= 11 is 0. The fraction of sp³-hybridized carbons (Fsp3) is 0.476. The van der Waals surface area contributed by atoms with Crippen molar-refractivity contribution in [3.8, 4) is 0 Å². The van der Waals surface area contributed by atoms with Gasteiger partial charge in [0.2, 0.25) is 5.91 Å². The molecule has 0 aromatic heterocycles. The summed E-state index contributed by atoms with van der Waals surface area (Å²) in [6, 6.07) is 14.8. The molecule has 122 valence electrons. The average molecular weight is 309 g/mol. The Balaban J connectivity index is 1.69. The van der Waals surface area contributed by atoms with Gasteiger partial charge in [0, 0.05) is 6.04 Å². The van der Waals surface area contributed by atoms with E-state index in [1.54, 1.807) is 0 Å². The third kappa shape index (κ3) is 3.93. The van der Waals surface area contributed by atoms with E-state index in [4.69, 9.17) is 0 Å². The van der Waals surface area contributed by atoms with Gasteiger partial charge in [0.15, 0.2) is 0 Å². The highest BCUT2D eigenvalue weighted by Crippen LogP contribution is 2.38. The van der Waals surface area contributed by atoms with E-state index >= 15 is 0 Å². The molecule has 0 spiro atoms. The molecule has 1 amide bonds. The standard InChI is InChI=1S/C21H27NO/c1-15-11-18(14-21(2,3)13-15)22-20(23)12-17-9-6-8-16-7-4-5-10-19(16)17/h4-10,15,18H,11-14H2,1-3H3,(H,22,23). The summed E-state index contributed by atoms with van der Waals surface area (Å²) in [6.07, 6.45) is 3.90. The Morgan fingerprint density at radius 1 is 1.13 bits per heavy atom. The van der Waals surface area contributed by atoms with Crippen LogP contribution in [0.5, 0.6) is 0 Å². The zero-order chi connectivity index (χ0) is 16.4. The smallest absolute Gasteiger partial charge is 0.224 e. The molecule has 2 aromatic rings. The Labute approximate surface area is 139 Å². The van der Waals surface area contributed by atoms with Crippen LogP contribution in [0.1, 0.15) is 45.6 Å². The highest BCUT2D eigenvalue weighted by atomic mass is 16.1. The summed E-state index contributed by atoms with van der Waals surface area (Å²) in [4.78, 5) is 12.5. The Hall–Kier alpha value is -1.83. The maximum Gasteiger partial charge on any atom is 0.224 e. The first-order valence-corrected chi connectivity index (χ1v) is 8.69. The number of carbonyl (C=O) groups is 1. The number of nitrogens with one attached hydrogen (secondary N) is 1. The number of rotatable bonds is 3. The van der Waals surface area contributed by atoms with Crippen LogP contribution in [0.15, 0.2) is 42.5 Å². The van der Waals surface area contributed by atoms with Crippen LogP contribution in [-0.4, -0.2) is 11.9 Å². The fourth-order valence-electron chi connectivity index (χ4n) is 4.35. The van der Waals surface area contributed by atoms with Crippen molar-refractivity contribution in [2.45, 2.75) is 52.5 Å². The van der Waals surface area contributed by atoms with Crippen LogP contribution in [0.4, 0.5) is 0 Å². The topological polar surface area (TPSA) is 29.1 Å². The maximum atomic E-state index is 12.5. The average Bonchev–Trinajstić information content (AvgIpc) is 2.45. The lowest BCUT2D eigenvalue weighted by Gasteiger charge is -2.39. The van der Waals surface area contributed by atoms with Crippen LogP contribution in [0.25, 0.3) is 10.8 Å². The van der Waals surface area contributed by atoms with Gasteiger partial charge in [0.1, 0.15) is 0 Å². The van der Waals surface area contributed by atoms with E-state index in [2.05, 4.69) is 50.4 Å². The molecule has 0 radical (unpaired) electrons. The quantitative estimate of drug-likeness (QED) is 0.874. The first-order chi connectivity index (χ1) is 10.9. The summed E-state index contributed by atoms with van der Waals surface area (Å²) in [6.45, 7) is 6.92. The normalized spacial score (nSPS) is 23.6. The van der Waals surface area contributed by atoms with Gasteiger partial charge in [0.25, 0.3) is 0 Å². The van der Waals surface area contributed by atoms with Gasteiger partial charge < -0.3 is 5.32 Å². The summed E-state index contributed by atoms with van der Waals surface area (Å²) < 4.78 is 0. The van der Waals surface area contributed by atoms with E-state index in [-0.39, 0.29) is 5.91 Å². The van der Waals surface area contributed by atoms with Crippen molar-refractivity contribution in [1.29, 1.82) is 0 Å². The predicted octanol–water partition coefficient (Wildman–Crippen LogP) is 4.71. The van der Waals surface area contributed by atoms with E-state index in [0.29, 0.717) is 23.8 Å². The van der Waals surface area contributed by atoms with E-state index in [1.807, 2.05) is 18.2 Å². The Morgan fingerprint density at radius 2 is 1.87 bits per heavy atom. The van der Waals surface area contributed by atoms with Gasteiger partial charge in [0.05, 0.1) is 6.42 Å². The molecule has 0 bridgehead atoms. The number of amides is 1. The summed E-state index contributed by atoms with van der Waals surface area (Å²) in [5, 5.41) is 5.66. The number of hydrogen-bond donors (Lipinski definition) is 1. The molecular formula is C21H27NO. The predicted molar refractivity (Wildman–Crippen MR) is 96.4 cm³/mol. The van der Waals surface area contributed by atoms with E-state index < -0.39 is 0 Å². The number of benzene rings is 2.